The Labute approximate surface area is 163 Å². The first kappa shape index (κ1) is 22.7. The fourth-order valence-electron chi connectivity index (χ4n) is 2.77. The molecule has 2 N–H and O–H groups in total. The van der Waals surface area contributed by atoms with E-state index in [1.165, 1.54) is 0 Å². The van der Waals surface area contributed by atoms with Crippen LogP contribution in [0.1, 0.15) is 22.3 Å². The molecule has 0 fully saturated rings. The molecule has 1 aromatic carbocycles. The van der Waals surface area contributed by atoms with Crippen LogP contribution in [-0.2, 0) is 16.0 Å². The highest BCUT2D eigenvalue weighted by molar-refractivity contribution is 6.30. The molecule has 148 valence electrons. The smallest absolute Gasteiger partial charge is 0.328 e. The molecule has 0 saturated carbocycles. The van der Waals surface area contributed by atoms with Gasteiger partial charge in [-0.2, -0.15) is 0 Å². The largest absolute Gasteiger partial charge is 0.478 e. The van der Waals surface area contributed by atoms with Gasteiger partial charge in [0, 0.05) is 36.3 Å². The van der Waals surface area contributed by atoms with Crippen LogP contribution >= 0.6 is 11.6 Å². The summed E-state index contributed by atoms with van der Waals surface area (Å²) >= 11 is 6.06. The minimum Gasteiger partial charge on any atom is -0.478 e. The first-order chi connectivity index (χ1) is 12.6. The molecule has 8 heteroatoms. The lowest BCUT2D eigenvalue weighted by molar-refractivity contribution is -0.134. The van der Waals surface area contributed by atoms with Crippen molar-refractivity contribution < 1.29 is 24.6 Å². The molecular formula is C19H25ClN2O5. The highest BCUT2D eigenvalue weighted by atomic mass is 35.5. The molecule has 2 rings (SSSR count). The standard InChI is InChI=1S/C15H21ClN2O.C4H4O4/c1-17(2)7-6-11-8-12-9-13(16)4-5-14(12)15(19)18(3)10-11;5-3(6)1-2-4(7)8/h4-5,9,11H,6-8,10H2,1-3H3;1-2H,(H,5,6)(H,7,8)/b;2-1+. The molecule has 27 heavy (non-hydrogen) atoms. The first-order valence-corrected chi connectivity index (χ1v) is 8.80. The summed E-state index contributed by atoms with van der Waals surface area (Å²) < 4.78 is 0. The van der Waals surface area contributed by atoms with Crippen molar-refractivity contribution in [1.29, 1.82) is 0 Å². The molecule has 1 atom stereocenters. The Hall–Kier alpha value is -2.38. The van der Waals surface area contributed by atoms with Crippen LogP contribution in [0.4, 0.5) is 0 Å². The summed E-state index contributed by atoms with van der Waals surface area (Å²) in [7, 11) is 6.04. The van der Waals surface area contributed by atoms with Crippen molar-refractivity contribution >= 4 is 29.4 Å². The van der Waals surface area contributed by atoms with Gasteiger partial charge in [-0.05, 0) is 63.2 Å². The van der Waals surface area contributed by atoms with E-state index in [-0.39, 0.29) is 5.91 Å². The van der Waals surface area contributed by atoms with Crippen LogP contribution in [-0.4, -0.2) is 72.1 Å². The molecule has 1 aromatic rings. The van der Waals surface area contributed by atoms with Gasteiger partial charge in [-0.25, -0.2) is 9.59 Å². The normalized spacial score (nSPS) is 16.6. The summed E-state index contributed by atoms with van der Waals surface area (Å²) in [6, 6.07) is 5.59. The number of carbonyl (C=O) groups is 3. The van der Waals surface area contributed by atoms with Crippen LogP contribution < -0.4 is 0 Å². The molecule has 0 aromatic heterocycles. The fourth-order valence-corrected chi connectivity index (χ4v) is 2.96. The number of hydrogen-bond donors (Lipinski definition) is 2. The molecule has 1 heterocycles. The Morgan fingerprint density at radius 2 is 1.85 bits per heavy atom. The SMILES string of the molecule is CN(C)CCC1Cc2cc(Cl)ccc2C(=O)N(C)C1.O=C(O)/C=C/C(=O)O. The predicted octanol–water partition coefficient (Wildman–Crippen LogP) is 2.25. The summed E-state index contributed by atoms with van der Waals surface area (Å²) in [6.45, 7) is 1.86. The summed E-state index contributed by atoms with van der Waals surface area (Å²) in [5.74, 6) is -1.91. The molecule has 0 bridgehead atoms. The van der Waals surface area contributed by atoms with Crippen LogP contribution in [0.3, 0.4) is 0 Å². The van der Waals surface area contributed by atoms with Crippen molar-refractivity contribution in [3.63, 3.8) is 0 Å². The van der Waals surface area contributed by atoms with Gasteiger partial charge in [0.25, 0.3) is 5.91 Å². The maximum absolute atomic E-state index is 12.3. The molecule has 1 amide bonds. The number of rotatable bonds is 5. The lowest BCUT2D eigenvalue weighted by Gasteiger charge is -2.21. The van der Waals surface area contributed by atoms with Gasteiger partial charge in [-0.15, -0.1) is 0 Å². The summed E-state index contributed by atoms with van der Waals surface area (Å²) in [5.41, 5.74) is 1.89. The molecule has 0 spiro atoms. The second-order valence-electron chi connectivity index (χ2n) is 6.66. The minimum absolute atomic E-state index is 0.110. The number of halogens is 1. The number of fused-ring (bicyclic) bond motifs is 1. The molecule has 0 radical (unpaired) electrons. The van der Waals surface area contributed by atoms with E-state index in [0.717, 1.165) is 37.1 Å². The lowest BCUT2D eigenvalue weighted by Crippen LogP contribution is -2.31. The monoisotopic (exact) mass is 396 g/mol. The van der Waals surface area contributed by atoms with E-state index in [1.807, 2.05) is 24.1 Å². The van der Waals surface area contributed by atoms with E-state index in [1.54, 1.807) is 6.07 Å². The van der Waals surface area contributed by atoms with Gasteiger partial charge < -0.3 is 20.0 Å². The van der Waals surface area contributed by atoms with E-state index in [9.17, 15) is 14.4 Å². The Morgan fingerprint density at radius 3 is 2.37 bits per heavy atom. The number of nitrogens with zero attached hydrogens (tertiary/aromatic N) is 2. The van der Waals surface area contributed by atoms with Crippen molar-refractivity contribution in [3.05, 3.63) is 46.5 Å². The van der Waals surface area contributed by atoms with Gasteiger partial charge in [0.2, 0.25) is 0 Å². The van der Waals surface area contributed by atoms with Crippen molar-refractivity contribution in [3.8, 4) is 0 Å². The topological polar surface area (TPSA) is 98.2 Å². The zero-order valence-electron chi connectivity index (χ0n) is 15.7. The Bertz CT molecular complexity index is 702. The molecule has 1 aliphatic rings. The highest BCUT2D eigenvalue weighted by Crippen LogP contribution is 2.25. The molecule has 1 aliphatic heterocycles. The summed E-state index contributed by atoms with van der Waals surface area (Å²) in [5, 5.41) is 16.3. The van der Waals surface area contributed by atoms with Crippen molar-refractivity contribution in [1.82, 2.24) is 9.80 Å². The van der Waals surface area contributed by atoms with E-state index in [2.05, 4.69) is 19.0 Å². The van der Waals surface area contributed by atoms with Crippen LogP contribution in [0, 0.1) is 5.92 Å². The van der Waals surface area contributed by atoms with E-state index >= 15 is 0 Å². The van der Waals surface area contributed by atoms with Crippen LogP contribution in [0.15, 0.2) is 30.4 Å². The molecular weight excluding hydrogens is 372 g/mol. The first-order valence-electron chi connectivity index (χ1n) is 8.42. The van der Waals surface area contributed by atoms with Crippen LogP contribution in [0.5, 0.6) is 0 Å². The second-order valence-corrected chi connectivity index (χ2v) is 7.10. The molecule has 1 unspecified atom stereocenters. The van der Waals surface area contributed by atoms with Gasteiger partial charge in [-0.1, -0.05) is 11.6 Å². The number of benzene rings is 1. The fraction of sp³-hybridized carbons (Fsp3) is 0.421. The third-order valence-electron chi connectivity index (χ3n) is 4.04. The average Bonchev–Trinajstić information content (AvgIpc) is 2.68. The zero-order valence-corrected chi connectivity index (χ0v) is 16.4. The number of aliphatic carboxylic acids is 2. The zero-order chi connectivity index (χ0) is 20.6. The van der Waals surface area contributed by atoms with Gasteiger partial charge in [0.1, 0.15) is 0 Å². The number of carboxylic acids is 2. The lowest BCUT2D eigenvalue weighted by atomic mass is 9.94. The van der Waals surface area contributed by atoms with E-state index < -0.39 is 11.9 Å². The third-order valence-corrected chi connectivity index (χ3v) is 4.27. The van der Waals surface area contributed by atoms with Crippen molar-refractivity contribution in [2.75, 3.05) is 34.2 Å². The Morgan fingerprint density at radius 1 is 1.26 bits per heavy atom. The number of hydrogen-bond acceptors (Lipinski definition) is 4. The predicted molar refractivity (Wildman–Crippen MR) is 103 cm³/mol. The molecule has 7 nitrogen and oxygen atoms in total. The van der Waals surface area contributed by atoms with Crippen LogP contribution in [0.25, 0.3) is 0 Å². The minimum atomic E-state index is -1.26. The number of carboxylic acid groups (broad SMARTS) is 2. The number of carbonyl (C=O) groups excluding carboxylic acids is 1. The van der Waals surface area contributed by atoms with Gasteiger partial charge >= 0.3 is 11.9 Å². The van der Waals surface area contributed by atoms with E-state index in [0.29, 0.717) is 23.1 Å². The van der Waals surface area contributed by atoms with Gasteiger partial charge in [-0.3, -0.25) is 4.79 Å². The maximum atomic E-state index is 12.3. The third kappa shape index (κ3) is 8.23. The van der Waals surface area contributed by atoms with E-state index in [4.69, 9.17) is 21.8 Å². The maximum Gasteiger partial charge on any atom is 0.328 e. The number of amides is 1. The summed E-state index contributed by atoms with van der Waals surface area (Å²) in [6.07, 6.45) is 3.14. The Kier molecular flexibility index (Phi) is 8.97. The quantitative estimate of drug-likeness (QED) is 0.741. The highest BCUT2D eigenvalue weighted by Gasteiger charge is 2.25. The molecule has 0 aliphatic carbocycles. The van der Waals surface area contributed by atoms with Crippen LogP contribution in [0.2, 0.25) is 5.02 Å². The summed E-state index contributed by atoms with van der Waals surface area (Å²) in [4.78, 5) is 35.4. The van der Waals surface area contributed by atoms with Crippen molar-refractivity contribution in [2.24, 2.45) is 5.92 Å². The second kappa shape index (κ2) is 10.7. The van der Waals surface area contributed by atoms with Gasteiger partial charge in [0.05, 0.1) is 0 Å². The molecule has 0 saturated heterocycles. The van der Waals surface area contributed by atoms with Gasteiger partial charge in [0.15, 0.2) is 0 Å². The van der Waals surface area contributed by atoms with Crippen molar-refractivity contribution in [2.45, 2.75) is 12.8 Å². The Balaban J connectivity index is 0.000000387. The average molecular weight is 397 g/mol.